The molecule has 0 aromatic carbocycles. The van der Waals surface area contributed by atoms with Gasteiger partial charge in [0.15, 0.2) is 0 Å². The smallest absolute Gasteiger partial charge is 0.321 e. The predicted octanol–water partition coefficient (Wildman–Crippen LogP) is 3.11. The molecule has 0 N–H and O–H groups in total. The fourth-order valence-electron chi connectivity index (χ4n) is 1.48. The van der Waals surface area contributed by atoms with Crippen molar-refractivity contribution in [3.8, 4) is 0 Å². The molecule has 0 aliphatic heterocycles. The summed E-state index contributed by atoms with van der Waals surface area (Å²) in [6.45, 7) is 12.5. The molecular weight excluding hydrogens is 192 g/mol. The number of hydrogen-bond acceptors (Lipinski definition) is 2. The summed E-state index contributed by atoms with van der Waals surface area (Å²) in [5.41, 5.74) is 0.418. The van der Waals surface area contributed by atoms with Crippen molar-refractivity contribution in [3.05, 3.63) is 0 Å². The third kappa shape index (κ3) is 5.13. The van der Waals surface area contributed by atoms with Gasteiger partial charge in [-0.15, -0.1) is 0 Å². The van der Waals surface area contributed by atoms with Gasteiger partial charge in [0.1, 0.15) is 0 Å². The zero-order chi connectivity index (χ0) is 11.0. The van der Waals surface area contributed by atoms with E-state index < -0.39 is 9.28 Å². The topological polar surface area (TPSA) is 18.5 Å². The van der Waals surface area contributed by atoms with Gasteiger partial charge in [0.25, 0.3) is 0 Å². The molecule has 0 fully saturated rings. The summed E-state index contributed by atoms with van der Waals surface area (Å²) < 4.78 is 11.4. The second-order valence-corrected chi connectivity index (χ2v) is 6.00. The highest BCUT2D eigenvalue weighted by Crippen LogP contribution is 2.32. The van der Waals surface area contributed by atoms with Crippen LogP contribution >= 0.6 is 0 Å². The Balaban J connectivity index is 4.10. The molecule has 0 aromatic rings. The monoisotopic (exact) mass is 218 g/mol. The Kier molecular flexibility index (Phi) is 7.50. The Morgan fingerprint density at radius 3 is 1.64 bits per heavy atom. The van der Waals surface area contributed by atoms with Gasteiger partial charge in [0.2, 0.25) is 0 Å². The van der Waals surface area contributed by atoms with Gasteiger partial charge in [0.05, 0.1) is 0 Å². The van der Waals surface area contributed by atoms with E-state index in [1.807, 2.05) is 13.8 Å². The molecule has 0 rings (SSSR count). The van der Waals surface area contributed by atoms with Crippen LogP contribution in [0.2, 0.25) is 6.04 Å². The summed E-state index contributed by atoms with van der Waals surface area (Å²) in [6, 6.07) is 1.14. The maximum atomic E-state index is 5.70. The van der Waals surface area contributed by atoms with E-state index in [9.17, 15) is 0 Å². The normalized spacial score (nSPS) is 12.4. The molecule has 0 atom stereocenters. The van der Waals surface area contributed by atoms with Crippen LogP contribution in [0.4, 0.5) is 0 Å². The Morgan fingerprint density at radius 2 is 1.36 bits per heavy atom. The third-order valence-corrected chi connectivity index (χ3v) is 5.80. The van der Waals surface area contributed by atoms with Crippen LogP contribution in [0.3, 0.4) is 0 Å². The van der Waals surface area contributed by atoms with Gasteiger partial charge < -0.3 is 8.85 Å². The average molecular weight is 218 g/mol. The lowest BCUT2D eigenvalue weighted by Gasteiger charge is -2.29. The van der Waals surface area contributed by atoms with E-state index in [1.165, 1.54) is 12.8 Å². The van der Waals surface area contributed by atoms with Crippen molar-refractivity contribution in [3.63, 3.8) is 0 Å². The molecule has 3 heteroatoms. The summed E-state index contributed by atoms with van der Waals surface area (Å²) >= 11 is 0. The van der Waals surface area contributed by atoms with Crippen molar-refractivity contribution in [1.29, 1.82) is 0 Å². The quantitative estimate of drug-likeness (QED) is 0.583. The van der Waals surface area contributed by atoms with Crippen molar-refractivity contribution in [2.45, 2.75) is 53.5 Å². The maximum Gasteiger partial charge on any atom is 0.321 e. The van der Waals surface area contributed by atoms with E-state index in [0.29, 0.717) is 5.41 Å². The highest BCUT2D eigenvalue weighted by Gasteiger charge is 2.27. The van der Waals surface area contributed by atoms with Crippen molar-refractivity contribution < 1.29 is 8.85 Å². The van der Waals surface area contributed by atoms with Gasteiger partial charge in [-0.05, 0) is 25.3 Å². The molecule has 86 valence electrons. The first kappa shape index (κ1) is 14.1. The molecule has 0 unspecified atom stereocenters. The van der Waals surface area contributed by atoms with Gasteiger partial charge in [-0.25, -0.2) is 0 Å². The van der Waals surface area contributed by atoms with E-state index in [1.54, 1.807) is 0 Å². The minimum absolute atomic E-state index is 0.418. The second kappa shape index (κ2) is 7.43. The first-order chi connectivity index (χ1) is 6.61. The summed E-state index contributed by atoms with van der Waals surface area (Å²) in [5, 5.41) is 0. The minimum Gasteiger partial charge on any atom is -0.397 e. The molecule has 0 heterocycles. The lowest BCUT2D eigenvalue weighted by molar-refractivity contribution is 0.192. The van der Waals surface area contributed by atoms with Crippen LogP contribution in [0.25, 0.3) is 0 Å². The molecular formula is C11H26O2Si. The van der Waals surface area contributed by atoms with Crippen molar-refractivity contribution in [2.75, 3.05) is 13.2 Å². The van der Waals surface area contributed by atoms with Crippen LogP contribution in [0.5, 0.6) is 0 Å². The standard InChI is InChI=1S/C11H26O2Si/c1-6-11(5,7-2)10-14(12-8-3)13-9-4/h14H,6-10H2,1-5H3. The minimum atomic E-state index is -1.39. The van der Waals surface area contributed by atoms with Crippen LogP contribution in [0, 0.1) is 5.41 Å². The van der Waals surface area contributed by atoms with Gasteiger partial charge in [-0.2, -0.15) is 0 Å². The van der Waals surface area contributed by atoms with Crippen molar-refractivity contribution >= 4 is 9.28 Å². The summed E-state index contributed by atoms with van der Waals surface area (Å²) in [6.07, 6.45) is 2.43. The van der Waals surface area contributed by atoms with Gasteiger partial charge in [-0.1, -0.05) is 33.6 Å². The van der Waals surface area contributed by atoms with Gasteiger partial charge in [0, 0.05) is 13.2 Å². The summed E-state index contributed by atoms with van der Waals surface area (Å²) in [4.78, 5) is 0. The van der Waals surface area contributed by atoms with Crippen molar-refractivity contribution in [2.24, 2.45) is 5.41 Å². The van der Waals surface area contributed by atoms with E-state index in [4.69, 9.17) is 8.85 Å². The van der Waals surface area contributed by atoms with Crippen LogP contribution < -0.4 is 0 Å². The molecule has 0 aliphatic carbocycles. The molecule has 0 amide bonds. The Morgan fingerprint density at radius 1 is 0.929 bits per heavy atom. The fourth-order valence-corrected chi connectivity index (χ4v) is 3.94. The number of rotatable bonds is 8. The molecule has 0 aliphatic rings. The van der Waals surface area contributed by atoms with Crippen molar-refractivity contribution in [1.82, 2.24) is 0 Å². The predicted molar refractivity (Wildman–Crippen MR) is 63.9 cm³/mol. The SMILES string of the molecule is CCO[SiH](CC(C)(CC)CC)OCC. The molecule has 14 heavy (non-hydrogen) atoms. The molecule has 0 spiro atoms. The highest BCUT2D eigenvalue weighted by atomic mass is 28.3. The maximum absolute atomic E-state index is 5.70. The Labute approximate surface area is 90.8 Å². The zero-order valence-electron chi connectivity index (χ0n) is 10.4. The van der Waals surface area contributed by atoms with Gasteiger partial charge >= 0.3 is 9.28 Å². The van der Waals surface area contributed by atoms with Crippen LogP contribution in [0.1, 0.15) is 47.5 Å². The molecule has 0 saturated heterocycles. The lowest BCUT2D eigenvalue weighted by atomic mass is 9.87. The Hall–Kier alpha value is 0.137. The zero-order valence-corrected chi connectivity index (χ0v) is 11.6. The second-order valence-electron chi connectivity index (χ2n) is 4.06. The molecule has 2 nitrogen and oxygen atoms in total. The summed E-state index contributed by atoms with van der Waals surface area (Å²) in [7, 11) is -1.39. The molecule has 0 aromatic heterocycles. The third-order valence-electron chi connectivity index (χ3n) is 3.07. The highest BCUT2D eigenvalue weighted by molar-refractivity contribution is 6.44. The van der Waals surface area contributed by atoms with E-state index in [-0.39, 0.29) is 0 Å². The summed E-state index contributed by atoms with van der Waals surface area (Å²) in [5.74, 6) is 0. The first-order valence-corrected chi connectivity index (χ1v) is 7.61. The van der Waals surface area contributed by atoms with Crippen LogP contribution in [-0.2, 0) is 8.85 Å². The van der Waals surface area contributed by atoms with E-state index >= 15 is 0 Å². The lowest BCUT2D eigenvalue weighted by Crippen LogP contribution is -2.30. The van der Waals surface area contributed by atoms with Crippen LogP contribution in [-0.4, -0.2) is 22.5 Å². The first-order valence-electron chi connectivity index (χ1n) is 5.85. The largest absolute Gasteiger partial charge is 0.397 e. The molecule has 0 radical (unpaired) electrons. The number of hydrogen-bond donors (Lipinski definition) is 0. The van der Waals surface area contributed by atoms with Gasteiger partial charge in [-0.3, -0.25) is 0 Å². The Bertz CT molecular complexity index is 129. The van der Waals surface area contributed by atoms with E-state index in [0.717, 1.165) is 19.3 Å². The average Bonchev–Trinajstić information content (AvgIpc) is 2.18. The molecule has 0 bridgehead atoms. The molecule has 0 saturated carbocycles. The van der Waals surface area contributed by atoms with E-state index in [2.05, 4.69) is 20.8 Å². The van der Waals surface area contributed by atoms with Crippen LogP contribution in [0.15, 0.2) is 0 Å². The fraction of sp³-hybridized carbons (Fsp3) is 1.00.